The predicted octanol–water partition coefficient (Wildman–Crippen LogP) is 0.818. The van der Waals surface area contributed by atoms with Crippen LogP contribution in [0.2, 0.25) is 0 Å². The maximum atomic E-state index is 12.4. The van der Waals surface area contributed by atoms with E-state index in [1.165, 1.54) is 0 Å². The molecule has 0 saturated carbocycles. The number of hydrogen-bond acceptors (Lipinski definition) is 5. The summed E-state index contributed by atoms with van der Waals surface area (Å²) in [5.74, 6) is -0.584. The molecule has 5 nitrogen and oxygen atoms in total. The lowest BCUT2D eigenvalue weighted by Crippen LogP contribution is -2.21. The minimum Gasteiger partial charge on any atom is -0.473 e. The number of nitrogens with two attached hydrogens (primary N) is 1. The number of nitrogens with zero attached hydrogens (tertiary/aromatic N) is 2. The van der Waals surface area contributed by atoms with Crippen molar-refractivity contribution in [2.75, 3.05) is 18.8 Å². The Bertz CT molecular complexity index is 404. The SMILES string of the molecule is Nc1nc(OC2CCNC2)cc(C(F)(F)F)n1. The van der Waals surface area contributed by atoms with Crippen LogP contribution in [-0.4, -0.2) is 29.2 Å². The Morgan fingerprint density at radius 2 is 2.18 bits per heavy atom. The zero-order chi connectivity index (χ0) is 12.5. The van der Waals surface area contributed by atoms with Crippen molar-refractivity contribution in [3.05, 3.63) is 11.8 Å². The van der Waals surface area contributed by atoms with E-state index < -0.39 is 17.8 Å². The van der Waals surface area contributed by atoms with E-state index in [4.69, 9.17) is 10.5 Å². The molecule has 0 spiro atoms. The summed E-state index contributed by atoms with van der Waals surface area (Å²) in [6.07, 6.45) is -4.00. The fourth-order valence-electron chi connectivity index (χ4n) is 1.55. The minimum atomic E-state index is -4.55. The highest BCUT2D eigenvalue weighted by molar-refractivity contribution is 5.27. The lowest BCUT2D eigenvalue weighted by molar-refractivity contribution is -0.141. The first kappa shape index (κ1) is 11.9. The van der Waals surface area contributed by atoms with E-state index in [0.29, 0.717) is 6.54 Å². The Morgan fingerprint density at radius 3 is 2.76 bits per heavy atom. The molecular formula is C9H11F3N4O. The van der Waals surface area contributed by atoms with E-state index in [0.717, 1.165) is 19.0 Å². The van der Waals surface area contributed by atoms with Gasteiger partial charge in [-0.3, -0.25) is 0 Å². The molecule has 1 fully saturated rings. The molecular weight excluding hydrogens is 237 g/mol. The zero-order valence-electron chi connectivity index (χ0n) is 8.79. The second kappa shape index (κ2) is 4.36. The van der Waals surface area contributed by atoms with Crippen molar-refractivity contribution in [3.8, 4) is 5.88 Å². The molecule has 0 aliphatic carbocycles. The second-order valence-corrected chi connectivity index (χ2v) is 3.68. The van der Waals surface area contributed by atoms with Crippen LogP contribution in [0.25, 0.3) is 0 Å². The quantitative estimate of drug-likeness (QED) is 0.810. The average Bonchev–Trinajstić information content (AvgIpc) is 2.68. The van der Waals surface area contributed by atoms with Gasteiger partial charge in [0, 0.05) is 12.6 Å². The standard InChI is InChI=1S/C9H11F3N4O/c10-9(11,12)6-3-7(16-8(13)15-6)17-5-1-2-14-4-5/h3,5,14H,1-2,4H2,(H2,13,15,16). The summed E-state index contributed by atoms with van der Waals surface area (Å²) in [7, 11) is 0. The van der Waals surface area contributed by atoms with Gasteiger partial charge in [-0.1, -0.05) is 0 Å². The first-order chi connectivity index (χ1) is 7.95. The van der Waals surface area contributed by atoms with Crippen LogP contribution in [0.1, 0.15) is 12.1 Å². The van der Waals surface area contributed by atoms with Crippen molar-refractivity contribution in [3.63, 3.8) is 0 Å². The van der Waals surface area contributed by atoms with Gasteiger partial charge in [0.25, 0.3) is 0 Å². The van der Waals surface area contributed by atoms with Crippen molar-refractivity contribution in [2.24, 2.45) is 0 Å². The Morgan fingerprint density at radius 1 is 1.41 bits per heavy atom. The molecule has 1 aliphatic rings. The number of anilines is 1. The van der Waals surface area contributed by atoms with Gasteiger partial charge in [0.15, 0.2) is 5.69 Å². The van der Waals surface area contributed by atoms with Crippen LogP contribution in [0, 0.1) is 0 Å². The maximum absolute atomic E-state index is 12.4. The molecule has 1 aromatic rings. The molecule has 1 aromatic heterocycles. The largest absolute Gasteiger partial charge is 0.473 e. The number of halogens is 3. The third-order valence-corrected chi connectivity index (χ3v) is 2.31. The lowest BCUT2D eigenvalue weighted by Gasteiger charge is -2.13. The molecule has 94 valence electrons. The van der Waals surface area contributed by atoms with Crippen LogP contribution in [0.3, 0.4) is 0 Å². The van der Waals surface area contributed by atoms with Gasteiger partial charge in [0.1, 0.15) is 6.10 Å². The average molecular weight is 248 g/mol. The molecule has 1 saturated heterocycles. The van der Waals surface area contributed by atoms with Crippen LogP contribution in [-0.2, 0) is 6.18 Å². The van der Waals surface area contributed by atoms with Gasteiger partial charge in [-0.05, 0) is 13.0 Å². The second-order valence-electron chi connectivity index (χ2n) is 3.68. The maximum Gasteiger partial charge on any atom is 0.433 e. The number of aromatic nitrogens is 2. The topological polar surface area (TPSA) is 73.1 Å². The van der Waals surface area contributed by atoms with Gasteiger partial charge in [-0.15, -0.1) is 0 Å². The van der Waals surface area contributed by atoms with Crippen molar-refractivity contribution in [2.45, 2.75) is 18.7 Å². The predicted molar refractivity (Wildman–Crippen MR) is 53.3 cm³/mol. The van der Waals surface area contributed by atoms with E-state index >= 15 is 0 Å². The summed E-state index contributed by atoms with van der Waals surface area (Å²) in [5, 5.41) is 3.03. The van der Waals surface area contributed by atoms with E-state index in [2.05, 4.69) is 15.3 Å². The number of nitrogens with one attached hydrogen (secondary N) is 1. The molecule has 0 aromatic carbocycles. The van der Waals surface area contributed by atoms with E-state index in [1.807, 2.05) is 0 Å². The first-order valence-electron chi connectivity index (χ1n) is 5.04. The van der Waals surface area contributed by atoms with Crippen LogP contribution in [0.4, 0.5) is 19.1 Å². The van der Waals surface area contributed by atoms with E-state index in [-0.39, 0.29) is 12.0 Å². The smallest absolute Gasteiger partial charge is 0.433 e. The molecule has 0 bridgehead atoms. The summed E-state index contributed by atoms with van der Waals surface area (Å²) in [6, 6.07) is 0.759. The van der Waals surface area contributed by atoms with E-state index in [1.54, 1.807) is 0 Å². The lowest BCUT2D eigenvalue weighted by atomic mass is 10.3. The van der Waals surface area contributed by atoms with Crippen LogP contribution in [0.5, 0.6) is 5.88 Å². The number of ether oxygens (including phenoxy) is 1. The summed E-state index contributed by atoms with van der Waals surface area (Å²) in [4.78, 5) is 6.75. The molecule has 2 heterocycles. The highest BCUT2D eigenvalue weighted by atomic mass is 19.4. The molecule has 17 heavy (non-hydrogen) atoms. The van der Waals surface area contributed by atoms with Crippen molar-refractivity contribution >= 4 is 5.95 Å². The van der Waals surface area contributed by atoms with Gasteiger partial charge in [0.2, 0.25) is 11.8 Å². The molecule has 0 amide bonds. The highest BCUT2D eigenvalue weighted by Crippen LogP contribution is 2.30. The molecule has 2 rings (SSSR count). The van der Waals surface area contributed by atoms with Gasteiger partial charge in [0.05, 0.1) is 0 Å². The fraction of sp³-hybridized carbons (Fsp3) is 0.556. The molecule has 1 atom stereocenters. The van der Waals surface area contributed by atoms with Crippen LogP contribution >= 0.6 is 0 Å². The third-order valence-electron chi connectivity index (χ3n) is 2.31. The molecule has 3 N–H and O–H groups in total. The Labute approximate surface area is 95.2 Å². The highest BCUT2D eigenvalue weighted by Gasteiger charge is 2.34. The van der Waals surface area contributed by atoms with Crippen LogP contribution < -0.4 is 15.8 Å². The van der Waals surface area contributed by atoms with Crippen molar-refractivity contribution in [1.82, 2.24) is 15.3 Å². The molecule has 8 heteroatoms. The normalized spacial score (nSPS) is 20.5. The summed E-state index contributed by atoms with van der Waals surface area (Å²) in [6.45, 7) is 1.36. The Balaban J connectivity index is 2.19. The van der Waals surface area contributed by atoms with Gasteiger partial charge >= 0.3 is 6.18 Å². The fourth-order valence-corrected chi connectivity index (χ4v) is 1.55. The Kier molecular flexibility index (Phi) is 3.05. The third kappa shape index (κ3) is 2.96. The van der Waals surface area contributed by atoms with Gasteiger partial charge < -0.3 is 15.8 Å². The Hall–Kier alpha value is -1.57. The number of nitrogen functional groups attached to an aromatic ring is 1. The van der Waals surface area contributed by atoms with Crippen molar-refractivity contribution in [1.29, 1.82) is 0 Å². The number of alkyl halides is 3. The van der Waals surface area contributed by atoms with Gasteiger partial charge in [-0.25, -0.2) is 4.98 Å². The summed E-state index contributed by atoms with van der Waals surface area (Å²) < 4.78 is 42.6. The summed E-state index contributed by atoms with van der Waals surface area (Å²) >= 11 is 0. The van der Waals surface area contributed by atoms with Crippen LogP contribution in [0.15, 0.2) is 6.07 Å². The molecule has 0 radical (unpaired) electrons. The first-order valence-corrected chi connectivity index (χ1v) is 5.04. The monoisotopic (exact) mass is 248 g/mol. The van der Waals surface area contributed by atoms with E-state index in [9.17, 15) is 13.2 Å². The number of rotatable bonds is 2. The zero-order valence-corrected chi connectivity index (χ0v) is 8.79. The summed E-state index contributed by atoms with van der Waals surface area (Å²) in [5.41, 5.74) is 4.12. The minimum absolute atomic E-state index is 0.140. The number of hydrogen-bond donors (Lipinski definition) is 2. The van der Waals surface area contributed by atoms with Crippen molar-refractivity contribution < 1.29 is 17.9 Å². The molecule has 1 aliphatic heterocycles. The van der Waals surface area contributed by atoms with Gasteiger partial charge in [-0.2, -0.15) is 18.2 Å². The molecule has 1 unspecified atom stereocenters.